The standard InChI is InChI=1S/C7H8ClFN2.ClH/c8-7-5(4-11-10)2-1-3-6(7)9;/h1-3,11H,4,10H2;1H. The molecule has 0 saturated heterocycles. The van der Waals surface area contributed by atoms with Gasteiger partial charge in [-0.2, -0.15) is 0 Å². The molecule has 2 nitrogen and oxygen atoms in total. The highest BCUT2D eigenvalue weighted by Crippen LogP contribution is 2.18. The minimum Gasteiger partial charge on any atom is -0.271 e. The minimum atomic E-state index is -0.417. The van der Waals surface area contributed by atoms with Gasteiger partial charge in [0.15, 0.2) is 0 Å². The number of hydrazine groups is 1. The number of hydrogen-bond donors (Lipinski definition) is 2. The molecule has 0 unspecified atom stereocenters. The summed E-state index contributed by atoms with van der Waals surface area (Å²) >= 11 is 5.60. The lowest BCUT2D eigenvalue weighted by Gasteiger charge is -2.02. The zero-order valence-corrected chi connectivity index (χ0v) is 7.75. The van der Waals surface area contributed by atoms with Crippen LogP contribution in [0.1, 0.15) is 5.56 Å². The first-order valence-electron chi connectivity index (χ1n) is 3.12. The fourth-order valence-electron chi connectivity index (χ4n) is 0.795. The molecule has 0 saturated carbocycles. The number of hydrogen-bond acceptors (Lipinski definition) is 2. The second-order valence-electron chi connectivity index (χ2n) is 2.09. The van der Waals surface area contributed by atoms with Gasteiger partial charge in [-0.25, -0.2) is 4.39 Å². The fourth-order valence-corrected chi connectivity index (χ4v) is 0.988. The summed E-state index contributed by atoms with van der Waals surface area (Å²) < 4.78 is 12.7. The first-order chi connectivity index (χ1) is 5.25. The average Bonchev–Trinajstić information content (AvgIpc) is 1.99. The average molecular weight is 211 g/mol. The fraction of sp³-hybridized carbons (Fsp3) is 0.143. The van der Waals surface area contributed by atoms with E-state index in [0.29, 0.717) is 12.1 Å². The van der Waals surface area contributed by atoms with E-state index in [9.17, 15) is 4.39 Å². The van der Waals surface area contributed by atoms with Crippen LogP contribution < -0.4 is 11.3 Å². The van der Waals surface area contributed by atoms with E-state index < -0.39 is 5.82 Å². The van der Waals surface area contributed by atoms with E-state index in [-0.39, 0.29) is 17.4 Å². The van der Waals surface area contributed by atoms with Gasteiger partial charge in [-0.05, 0) is 11.6 Å². The van der Waals surface area contributed by atoms with Crippen LogP contribution >= 0.6 is 24.0 Å². The highest BCUT2D eigenvalue weighted by Gasteiger charge is 2.03. The van der Waals surface area contributed by atoms with Crippen molar-refractivity contribution >= 4 is 24.0 Å². The van der Waals surface area contributed by atoms with Crippen LogP contribution in [0.25, 0.3) is 0 Å². The van der Waals surface area contributed by atoms with Gasteiger partial charge < -0.3 is 0 Å². The molecule has 0 heterocycles. The van der Waals surface area contributed by atoms with Gasteiger partial charge in [0.05, 0.1) is 5.02 Å². The molecule has 0 radical (unpaired) electrons. The maximum Gasteiger partial charge on any atom is 0.142 e. The monoisotopic (exact) mass is 210 g/mol. The molecule has 68 valence electrons. The minimum absolute atomic E-state index is 0. The quantitative estimate of drug-likeness (QED) is 0.578. The molecule has 0 aliphatic rings. The van der Waals surface area contributed by atoms with Gasteiger partial charge in [-0.15, -0.1) is 12.4 Å². The lowest BCUT2D eigenvalue weighted by molar-refractivity contribution is 0.623. The van der Waals surface area contributed by atoms with Crippen LogP contribution in [0.5, 0.6) is 0 Å². The van der Waals surface area contributed by atoms with Gasteiger partial charge in [0, 0.05) is 6.54 Å². The van der Waals surface area contributed by atoms with E-state index in [2.05, 4.69) is 5.43 Å². The summed E-state index contributed by atoms with van der Waals surface area (Å²) in [6, 6.07) is 4.61. The molecule has 5 heteroatoms. The smallest absolute Gasteiger partial charge is 0.142 e. The van der Waals surface area contributed by atoms with Crippen molar-refractivity contribution in [1.29, 1.82) is 0 Å². The molecule has 0 atom stereocenters. The van der Waals surface area contributed by atoms with Gasteiger partial charge in [-0.1, -0.05) is 23.7 Å². The molecule has 0 aliphatic heterocycles. The van der Waals surface area contributed by atoms with Crippen LogP contribution in [-0.2, 0) is 6.54 Å². The van der Waals surface area contributed by atoms with Crippen LogP contribution in [0.3, 0.4) is 0 Å². The van der Waals surface area contributed by atoms with Crippen molar-refractivity contribution in [3.8, 4) is 0 Å². The first-order valence-corrected chi connectivity index (χ1v) is 3.50. The zero-order valence-electron chi connectivity index (χ0n) is 6.18. The summed E-state index contributed by atoms with van der Waals surface area (Å²) in [7, 11) is 0. The van der Waals surface area contributed by atoms with Gasteiger partial charge in [0.2, 0.25) is 0 Å². The number of nitrogens with one attached hydrogen (secondary N) is 1. The van der Waals surface area contributed by atoms with Crippen molar-refractivity contribution < 1.29 is 4.39 Å². The van der Waals surface area contributed by atoms with Crippen molar-refractivity contribution in [1.82, 2.24) is 5.43 Å². The molecule has 0 spiro atoms. The molecular weight excluding hydrogens is 202 g/mol. The van der Waals surface area contributed by atoms with Gasteiger partial charge >= 0.3 is 0 Å². The van der Waals surface area contributed by atoms with Crippen molar-refractivity contribution in [2.45, 2.75) is 6.54 Å². The molecule has 12 heavy (non-hydrogen) atoms. The second-order valence-corrected chi connectivity index (χ2v) is 2.47. The number of halogens is 3. The summed E-state index contributed by atoms with van der Waals surface area (Å²) in [6.45, 7) is 0.372. The van der Waals surface area contributed by atoms with E-state index in [1.807, 2.05) is 0 Å². The van der Waals surface area contributed by atoms with Crippen LogP contribution in [0.15, 0.2) is 18.2 Å². The molecular formula is C7H9Cl2FN2. The zero-order chi connectivity index (χ0) is 8.27. The lowest BCUT2D eigenvalue weighted by atomic mass is 10.2. The maximum absolute atomic E-state index is 12.7. The Balaban J connectivity index is 0.00000121. The van der Waals surface area contributed by atoms with Crippen LogP contribution in [0, 0.1) is 5.82 Å². The molecule has 1 aromatic rings. The van der Waals surface area contributed by atoms with Gasteiger partial charge in [-0.3, -0.25) is 11.3 Å². The molecule has 3 N–H and O–H groups in total. The van der Waals surface area contributed by atoms with E-state index in [4.69, 9.17) is 17.4 Å². The second kappa shape index (κ2) is 5.32. The third-order valence-electron chi connectivity index (χ3n) is 1.32. The van der Waals surface area contributed by atoms with Crippen molar-refractivity contribution in [2.24, 2.45) is 5.84 Å². The van der Waals surface area contributed by atoms with Crippen LogP contribution in [-0.4, -0.2) is 0 Å². The highest BCUT2D eigenvalue weighted by atomic mass is 35.5. The summed E-state index contributed by atoms with van der Waals surface area (Å²) in [5.74, 6) is 4.63. The summed E-state index contributed by atoms with van der Waals surface area (Å²) in [5.41, 5.74) is 3.06. The Morgan fingerprint density at radius 2 is 2.17 bits per heavy atom. The van der Waals surface area contributed by atoms with Gasteiger partial charge in [0.1, 0.15) is 5.82 Å². The predicted octanol–water partition coefficient (Wildman–Crippen LogP) is 1.86. The Hall–Kier alpha value is -0.350. The van der Waals surface area contributed by atoms with E-state index in [0.717, 1.165) is 0 Å². The SMILES string of the molecule is Cl.NNCc1cccc(F)c1Cl. The molecule has 1 rings (SSSR count). The first kappa shape index (κ1) is 11.6. The maximum atomic E-state index is 12.7. The van der Waals surface area contributed by atoms with Crippen LogP contribution in [0.2, 0.25) is 5.02 Å². The normalized spacial score (nSPS) is 9.25. The Morgan fingerprint density at radius 3 is 2.75 bits per heavy atom. The molecule has 1 aromatic carbocycles. The molecule has 0 aromatic heterocycles. The van der Waals surface area contributed by atoms with Crippen molar-refractivity contribution in [2.75, 3.05) is 0 Å². The van der Waals surface area contributed by atoms with E-state index in [1.165, 1.54) is 6.07 Å². The molecule has 0 fully saturated rings. The molecule has 0 aliphatic carbocycles. The summed E-state index contributed by atoms with van der Waals surface area (Å²) in [4.78, 5) is 0. The Bertz CT molecular complexity index is 255. The number of rotatable bonds is 2. The molecule has 0 bridgehead atoms. The lowest BCUT2D eigenvalue weighted by Crippen LogP contribution is -2.21. The van der Waals surface area contributed by atoms with E-state index >= 15 is 0 Å². The van der Waals surface area contributed by atoms with E-state index in [1.54, 1.807) is 12.1 Å². The number of nitrogens with two attached hydrogens (primary N) is 1. The van der Waals surface area contributed by atoms with Gasteiger partial charge in [0.25, 0.3) is 0 Å². The summed E-state index contributed by atoms with van der Waals surface area (Å²) in [5, 5.41) is 0.130. The highest BCUT2D eigenvalue weighted by molar-refractivity contribution is 6.31. The topological polar surface area (TPSA) is 38.0 Å². The molecule has 0 amide bonds. The third-order valence-corrected chi connectivity index (χ3v) is 1.75. The largest absolute Gasteiger partial charge is 0.271 e. The van der Waals surface area contributed by atoms with Crippen molar-refractivity contribution in [3.05, 3.63) is 34.6 Å². The van der Waals surface area contributed by atoms with Crippen LogP contribution in [0.4, 0.5) is 4.39 Å². The Morgan fingerprint density at radius 1 is 1.50 bits per heavy atom. The Kier molecular flexibility index (Phi) is 5.17. The van der Waals surface area contributed by atoms with Crippen molar-refractivity contribution in [3.63, 3.8) is 0 Å². The predicted molar refractivity (Wildman–Crippen MR) is 49.7 cm³/mol. The number of benzene rings is 1. The Labute approximate surface area is 81.3 Å². The third kappa shape index (κ3) is 2.60. The summed E-state index contributed by atoms with van der Waals surface area (Å²) in [6.07, 6.45) is 0.